The molecule has 3 rings (SSSR count). The zero-order chi connectivity index (χ0) is 13.6. The molecule has 0 aromatic heterocycles. The summed E-state index contributed by atoms with van der Waals surface area (Å²) in [6.07, 6.45) is 0.703. The maximum Gasteiger partial charge on any atom is 0.242 e. The van der Waals surface area contributed by atoms with E-state index in [1.807, 2.05) is 18.2 Å². The van der Waals surface area contributed by atoms with Crippen molar-refractivity contribution in [1.29, 1.82) is 0 Å². The van der Waals surface area contributed by atoms with Crippen molar-refractivity contribution in [3.05, 3.63) is 30.3 Å². The van der Waals surface area contributed by atoms with Crippen molar-refractivity contribution in [3.8, 4) is 0 Å². The molecule has 2 amide bonds. The Morgan fingerprint density at radius 3 is 1.89 bits per heavy atom. The summed E-state index contributed by atoms with van der Waals surface area (Å²) in [6, 6.07) is 10.2. The Hall–Kier alpha value is -1.41. The van der Waals surface area contributed by atoms with Gasteiger partial charge in [-0.25, -0.2) is 10.0 Å². The quantitative estimate of drug-likeness (QED) is 0.735. The lowest BCUT2D eigenvalue weighted by molar-refractivity contribution is -0.170. The van der Waals surface area contributed by atoms with E-state index >= 15 is 0 Å². The molecule has 0 spiro atoms. The van der Waals surface area contributed by atoms with E-state index in [2.05, 4.69) is 26.0 Å². The van der Waals surface area contributed by atoms with Gasteiger partial charge in [0, 0.05) is 12.8 Å². The molecule has 2 aliphatic heterocycles. The summed E-state index contributed by atoms with van der Waals surface area (Å²) in [5, 5.41) is 4.66. The Morgan fingerprint density at radius 2 is 1.42 bits per heavy atom. The van der Waals surface area contributed by atoms with Crippen molar-refractivity contribution < 1.29 is 9.59 Å². The Balaban J connectivity index is 2.00. The Bertz CT molecular complexity index is 491. The molecule has 2 saturated heterocycles. The van der Waals surface area contributed by atoms with Gasteiger partial charge < -0.3 is 0 Å². The van der Waals surface area contributed by atoms with E-state index in [0.717, 1.165) is 0 Å². The summed E-state index contributed by atoms with van der Waals surface area (Å²) in [6.45, 7) is 4.12. The third-order valence-electron chi connectivity index (χ3n) is 3.86. The lowest BCUT2D eigenvalue weighted by atomic mass is 10.2. The number of hydrogen-bond acceptors (Lipinski definition) is 2. The molecule has 0 bridgehead atoms. The highest BCUT2D eigenvalue weighted by Crippen LogP contribution is 2.55. The lowest BCUT2D eigenvalue weighted by Crippen LogP contribution is -2.53. The van der Waals surface area contributed by atoms with Crippen molar-refractivity contribution in [2.45, 2.75) is 38.3 Å². The summed E-state index contributed by atoms with van der Waals surface area (Å²) in [5.74, 6) is 0.369. The standard InChI is InChI=1S/C14H17N2O2P/c1-10-15-13(17)8-9-14(18)16(15)11(2)19(10)12-6-4-3-5-7-12/h3-7,10-11H,8-9H2,1-2H3/t10-,11?,19?/m1/s1. The molecule has 5 heteroatoms. The molecule has 2 heterocycles. The average Bonchev–Trinajstić information content (AvgIpc) is 2.68. The number of hydrazine groups is 1. The van der Waals surface area contributed by atoms with Gasteiger partial charge in [-0.15, -0.1) is 0 Å². The number of hydrogen-bond donors (Lipinski definition) is 0. The van der Waals surface area contributed by atoms with Gasteiger partial charge in [0.25, 0.3) is 0 Å². The molecule has 2 aliphatic rings. The fourth-order valence-corrected chi connectivity index (χ4v) is 5.99. The second kappa shape index (κ2) is 4.61. The summed E-state index contributed by atoms with van der Waals surface area (Å²) < 4.78 is 0. The van der Waals surface area contributed by atoms with Gasteiger partial charge in [0.15, 0.2) is 0 Å². The van der Waals surface area contributed by atoms with Crippen LogP contribution in [0.4, 0.5) is 0 Å². The Morgan fingerprint density at radius 1 is 0.947 bits per heavy atom. The van der Waals surface area contributed by atoms with Gasteiger partial charge in [-0.05, 0) is 27.1 Å². The maximum atomic E-state index is 12.1. The van der Waals surface area contributed by atoms with Crippen LogP contribution in [-0.2, 0) is 9.59 Å². The first-order valence-corrected chi connectivity index (χ1v) is 8.06. The topological polar surface area (TPSA) is 40.6 Å². The van der Waals surface area contributed by atoms with Crippen molar-refractivity contribution >= 4 is 25.0 Å². The second-order valence-corrected chi connectivity index (χ2v) is 7.81. The van der Waals surface area contributed by atoms with Crippen LogP contribution in [-0.4, -0.2) is 33.4 Å². The van der Waals surface area contributed by atoms with Gasteiger partial charge in [-0.3, -0.25) is 9.59 Å². The van der Waals surface area contributed by atoms with Crippen LogP contribution in [0.25, 0.3) is 0 Å². The smallest absolute Gasteiger partial charge is 0.242 e. The van der Waals surface area contributed by atoms with E-state index in [4.69, 9.17) is 0 Å². The van der Waals surface area contributed by atoms with Crippen LogP contribution in [0.5, 0.6) is 0 Å². The molecule has 3 atom stereocenters. The first-order valence-electron chi connectivity index (χ1n) is 6.58. The minimum atomic E-state index is -0.556. The molecule has 1 aromatic carbocycles. The fourth-order valence-electron chi connectivity index (χ4n) is 3.04. The zero-order valence-corrected chi connectivity index (χ0v) is 12.0. The van der Waals surface area contributed by atoms with Gasteiger partial charge in [-0.1, -0.05) is 30.3 Å². The fraction of sp³-hybridized carbons (Fsp3) is 0.429. The number of carbonyl (C=O) groups excluding carboxylic acids is 2. The van der Waals surface area contributed by atoms with E-state index in [1.54, 1.807) is 10.0 Å². The lowest BCUT2D eigenvalue weighted by Gasteiger charge is -2.35. The number of benzene rings is 1. The molecule has 2 fully saturated rings. The third-order valence-corrected chi connectivity index (χ3v) is 6.81. The van der Waals surface area contributed by atoms with Crippen molar-refractivity contribution in [2.24, 2.45) is 0 Å². The van der Waals surface area contributed by atoms with Gasteiger partial charge in [0.05, 0.1) is 11.6 Å². The average molecular weight is 276 g/mol. The summed E-state index contributed by atoms with van der Waals surface area (Å²) in [5.41, 5.74) is 0. The molecule has 19 heavy (non-hydrogen) atoms. The van der Waals surface area contributed by atoms with Gasteiger partial charge in [-0.2, -0.15) is 0 Å². The number of nitrogens with zero attached hydrogens (tertiary/aromatic N) is 2. The summed E-state index contributed by atoms with van der Waals surface area (Å²) >= 11 is 0. The minimum absolute atomic E-state index is 0.0832. The molecule has 0 aliphatic carbocycles. The summed E-state index contributed by atoms with van der Waals surface area (Å²) in [7, 11) is -0.556. The highest BCUT2D eigenvalue weighted by Gasteiger charge is 2.49. The third kappa shape index (κ3) is 1.86. The molecule has 1 aromatic rings. The maximum absolute atomic E-state index is 12.1. The van der Waals surface area contributed by atoms with Crippen molar-refractivity contribution in [3.63, 3.8) is 0 Å². The summed E-state index contributed by atoms with van der Waals surface area (Å²) in [4.78, 5) is 24.2. The van der Waals surface area contributed by atoms with Gasteiger partial charge in [0.2, 0.25) is 11.8 Å². The predicted octanol–water partition coefficient (Wildman–Crippen LogP) is 1.87. The molecule has 0 N–H and O–H groups in total. The van der Waals surface area contributed by atoms with Gasteiger partial charge in [0.1, 0.15) is 0 Å². The molecule has 100 valence electrons. The Kier molecular flexibility index (Phi) is 3.06. The van der Waals surface area contributed by atoms with Crippen LogP contribution in [0.15, 0.2) is 30.3 Å². The normalized spacial score (nSPS) is 30.7. The van der Waals surface area contributed by atoms with Crippen LogP contribution < -0.4 is 5.30 Å². The van der Waals surface area contributed by atoms with Crippen molar-refractivity contribution in [2.75, 3.05) is 0 Å². The number of rotatable bonds is 1. The minimum Gasteiger partial charge on any atom is -0.273 e. The van der Waals surface area contributed by atoms with Crippen molar-refractivity contribution in [1.82, 2.24) is 10.0 Å². The van der Waals surface area contributed by atoms with E-state index in [1.165, 1.54) is 5.30 Å². The van der Waals surface area contributed by atoms with Crippen LogP contribution >= 0.6 is 7.92 Å². The van der Waals surface area contributed by atoms with Crippen LogP contribution in [0.3, 0.4) is 0 Å². The molecule has 4 nitrogen and oxygen atoms in total. The number of fused-ring (bicyclic) bond motifs is 1. The first-order chi connectivity index (χ1) is 9.11. The highest BCUT2D eigenvalue weighted by molar-refractivity contribution is 7.67. The van der Waals surface area contributed by atoms with E-state index in [0.29, 0.717) is 12.8 Å². The second-order valence-electron chi connectivity index (χ2n) is 4.98. The largest absolute Gasteiger partial charge is 0.273 e. The Labute approximate surface area is 114 Å². The number of amides is 2. The molecular formula is C14H17N2O2P. The molecule has 0 radical (unpaired) electrons. The van der Waals surface area contributed by atoms with E-state index in [-0.39, 0.29) is 23.4 Å². The van der Waals surface area contributed by atoms with E-state index in [9.17, 15) is 9.59 Å². The van der Waals surface area contributed by atoms with Crippen LogP contribution in [0.1, 0.15) is 26.7 Å². The van der Waals surface area contributed by atoms with Crippen LogP contribution in [0.2, 0.25) is 0 Å². The monoisotopic (exact) mass is 276 g/mol. The first kappa shape index (κ1) is 12.6. The van der Waals surface area contributed by atoms with Gasteiger partial charge >= 0.3 is 0 Å². The predicted molar refractivity (Wildman–Crippen MR) is 74.8 cm³/mol. The molecule has 0 saturated carbocycles. The SMILES string of the molecule is CC1N2C(=O)CCC(=O)N2[C@@H](C)P1c1ccccc1. The molecular weight excluding hydrogens is 259 g/mol. The zero-order valence-electron chi connectivity index (χ0n) is 11.1. The number of carbonyl (C=O) groups is 2. The molecule has 2 unspecified atom stereocenters. The van der Waals surface area contributed by atoms with E-state index < -0.39 is 7.92 Å². The highest BCUT2D eigenvalue weighted by atomic mass is 31.1. The van der Waals surface area contributed by atoms with Crippen LogP contribution in [0, 0.1) is 0 Å².